The van der Waals surface area contributed by atoms with Crippen LogP contribution in [0.2, 0.25) is 0 Å². The molecule has 8 heteroatoms. The summed E-state index contributed by atoms with van der Waals surface area (Å²) in [6.07, 6.45) is 0.668. The van der Waals surface area contributed by atoms with Gasteiger partial charge in [0.15, 0.2) is 0 Å². The van der Waals surface area contributed by atoms with Crippen molar-refractivity contribution in [2.45, 2.75) is 19.4 Å². The summed E-state index contributed by atoms with van der Waals surface area (Å²) in [5.41, 5.74) is 12.4. The molecule has 0 saturated carbocycles. The second-order valence-electron chi connectivity index (χ2n) is 4.97. The van der Waals surface area contributed by atoms with Crippen LogP contribution in [0.4, 0.5) is 10.5 Å². The van der Waals surface area contributed by atoms with E-state index in [-0.39, 0.29) is 11.9 Å². The fourth-order valence-electron chi connectivity index (χ4n) is 2.00. The van der Waals surface area contributed by atoms with Crippen molar-refractivity contribution in [3.05, 3.63) is 45.9 Å². The van der Waals surface area contributed by atoms with E-state index in [1.165, 1.54) is 11.3 Å². The Bertz CT molecular complexity index is 683. The van der Waals surface area contributed by atoms with Gasteiger partial charge >= 0.3 is 6.03 Å². The van der Waals surface area contributed by atoms with Gasteiger partial charge in [0, 0.05) is 17.5 Å². The smallest absolute Gasteiger partial charge is 0.316 e. The number of aromatic nitrogens is 1. The predicted molar refractivity (Wildman–Crippen MR) is 90.4 cm³/mol. The van der Waals surface area contributed by atoms with Crippen LogP contribution in [-0.4, -0.2) is 23.5 Å². The first-order chi connectivity index (χ1) is 11.0. The lowest BCUT2D eigenvalue weighted by Gasteiger charge is -2.14. The van der Waals surface area contributed by atoms with Crippen molar-refractivity contribution in [2.24, 2.45) is 11.5 Å². The van der Waals surface area contributed by atoms with E-state index in [2.05, 4.69) is 15.6 Å². The van der Waals surface area contributed by atoms with Gasteiger partial charge in [0.2, 0.25) is 0 Å². The summed E-state index contributed by atoms with van der Waals surface area (Å²) < 4.78 is 0. The molecule has 0 fully saturated rings. The molecule has 1 atom stereocenters. The first kappa shape index (κ1) is 16.9. The van der Waals surface area contributed by atoms with E-state index in [1.807, 2.05) is 19.1 Å². The zero-order valence-corrected chi connectivity index (χ0v) is 13.5. The number of nitrogens with zero attached hydrogens (tertiary/aromatic N) is 1. The minimum Gasteiger partial charge on any atom is -0.351 e. The van der Waals surface area contributed by atoms with Gasteiger partial charge in [-0.25, -0.2) is 9.78 Å². The van der Waals surface area contributed by atoms with Crippen LogP contribution in [0.5, 0.6) is 0 Å². The summed E-state index contributed by atoms with van der Waals surface area (Å²) in [6.45, 7) is 2.39. The molecule has 122 valence electrons. The number of thiazole rings is 1. The van der Waals surface area contributed by atoms with E-state index in [4.69, 9.17) is 11.5 Å². The number of anilines is 1. The number of benzene rings is 1. The van der Waals surface area contributed by atoms with E-state index in [1.54, 1.807) is 17.5 Å². The van der Waals surface area contributed by atoms with Crippen LogP contribution in [0.25, 0.3) is 0 Å². The van der Waals surface area contributed by atoms with Crippen LogP contribution in [0, 0.1) is 0 Å². The SMILES string of the molecule is CC(NC(=O)c1csc(CCN)n1)c1ccc(NC(N)=O)cc1. The van der Waals surface area contributed by atoms with Crippen LogP contribution in [0.1, 0.15) is 34.0 Å². The van der Waals surface area contributed by atoms with Crippen LogP contribution in [0.3, 0.4) is 0 Å². The lowest BCUT2D eigenvalue weighted by Crippen LogP contribution is -2.27. The number of carbonyl (C=O) groups is 2. The van der Waals surface area contributed by atoms with Crippen molar-refractivity contribution in [1.82, 2.24) is 10.3 Å². The van der Waals surface area contributed by atoms with Gasteiger partial charge < -0.3 is 22.1 Å². The predicted octanol–water partition coefficient (Wildman–Crippen LogP) is 1.63. The molecule has 6 N–H and O–H groups in total. The molecule has 0 aliphatic carbocycles. The van der Waals surface area contributed by atoms with E-state index in [0.717, 1.165) is 10.6 Å². The molecule has 0 saturated heterocycles. The lowest BCUT2D eigenvalue weighted by atomic mass is 10.1. The topological polar surface area (TPSA) is 123 Å². The summed E-state index contributed by atoms with van der Waals surface area (Å²) in [5.74, 6) is -0.226. The van der Waals surface area contributed by atoms with Gasteiger partial charge in [0.25, 0.3) is 5.91 Å². The molecule has 0 spiro atoms. The maximum absolute atomic E-state index is 12.2. The zero-order chi connectivity index (χ0) is 16.8. The van der Waals surface area contributed by atoms with Crippen molar-refractivity contribution in [3.8, 4) is 0 Å². The molecule has 1 aromatic heterocycles. The number of urea groups is 1. The molecular formula is C15H19N5O2S. The lowest BCUT2D eigenvalue weighted by molar-refractivity contribution is 0.0935. The van der Waals surface area contributed by atoms with Gasteiger partial charge in [-0.2, -0.15) is 0 Å². The molecule has 1 unspecified atom stereocenters. The molecule has 2 aromatic rings. The molecule has 0 bridgehead atoms. The van der Waals surface area contributed by atoms with Gasteiger partial charge in [-0.1, -0.05) is 12.1 Å². The molecule has 3 amide bonds. The minimum atomic E-state index is -0.615. The molecule has 2 rings (SSSR count). The third-order valence-corrected chi connectivity index (χ3v) is 4.08. The molecule has 0 aliphatic rings. The van der Waals surface area contributed by atoms with E-state index >= 15 is 0 Å². The Morgan fingerprint density at radius 1 is 1.30 bits per heavy atom. The largest absolute Gasteiger partial charge is 0.351 e. The van der Waals surface area contributed by atoms with Gasteiger partial charge in [0.1, 0.15) is 5.69 Å². The zero-order valence-electron chi connectivity index (χ0n) is 12.7. The van der Waals surface area contributed by atoms with Crippen LogP contribution < -0.4 is 22.1 Å². The number of nitrogens with two attached hydrogens (primary N) is 2. The maximum Gasteiger partial charge on any atom is 0.316 e. The summed E-state index contributed by atoms with van der Waals surface area (Å²) >= 11 is 1.43. The first-order valence-electron chi connectivity index (χ1n) is 7.11. The average molecular weight is 333 g/mol. The fourth-order valence-corrected chi connectivity index (χ4v) is 2.80. The summed E-state index contributed by atoms with van der Waals surface area (Å²) in [4.78, 5) is 27.2. The number of hydrogen-bond donors (Lipinski definition) is 4. The maximum atomic E-state index is 12.2. The van der Waals surface area contributed by atoms with Gasteiger partial charge in [-0.05, 0) is 31.2 Å². The second kappa shape index (κ2) is 7.70. The van der Waals surface area contributed by atoms with Crippen LogP contribution in [0.15, 0.2) is 29.6 Å². The quantitative estimate of drug-likeness (QED) is 0.641. The molecule has 1 heterocycles. The monoisotopic (exact) mass is 333 g/mol. The van der Waals surface area contributed by atoms with Crippen molar-refractivity contribution in [2.75, 3.05) is 11.9 Å². The molecule has 7 nitrogen and oxygen atoms in total. The number of rotatable bonds is 6. The number of primary amides is 1. The highest BCUT2D eigenvalue weighted by atomic mass is 32.1. The van der Waals surface area contributed by atoms with Crippen molar-refractivity contribution < 1.29 is 9.59 Å². The third kappa shape index (κ3) is 4.76. The molecule has 1 aromatic carbocycles. The Morgan fingerprint density at radius 2 is 2.00 bits per heavy atom. The molecule has 0 aliphatic heterocycles. The first-order valence-corrected chi connectivity index (χ1v) is 7.99. The number of carbonyl (C=O) groups excluding carboxylic acids is 2. The Balaban J connectivity index is 1.98. The summed E-state index contributed by atoms with van der Waals surface area (Å²) in [5, 5.41) is 7.96. The van der Waals surface area contributed by atoms with E-state index < -0.39 is 6.03 Å². The van der Waals surface area contributed by atoms with E-state index in [9.17, 15) is 9.59 Å². The molecule has 0 radical (unpaired) electrons. The Hall–Kier alpha value is -2.45. The highest BCUT2D eigenvalue weighted by Crippen LogP contribution is 2.17. The minimum absolute atomic E-state index is 0.190. The highest BCUT2D eigenvalue weighted by Gasteiger charge is 2.14. The average Bonchev–Trinajstić information content (AvgIpc) is 2.96. The van der Waals surface area contributed by atoms with Crippen LogP contribution >= 0.6 is 11.3 Å². The second-order valence-corrected chi connectivity index (χ2v) is 5.91. The van der Waals surface area contributed by atoms with Crippen LogP contribution in [-0.2, 0) is 6.42 Å². The summed E-state index contributed by atoms with van der Waals surface area (Å²) in [6, 6.07) is 6.28. The van der Waals surface area contributed by atoms with Crippen molar-refractivity contribution in [3.63, 3.8) is 0 Å². The van der Waals surface area contributed by atoms with Crippen molar-refractivity contribution in [1.29, 1.82) is 0 Å². The van der Waals surface area contributed by atoms with Gasteiger partial charge in [-0.3, -0.25) is 4.79 Å². The normalized spacial score (nSPS) is 11.7. The van der Waals surface area contributed by atoms with Gasteiger partial charge in [0.05, 0.1) is 11.0 Å². The van der Waals surface area contributed by atoms with E-state index in [0.29, 0.717) is 24.3 Å². The standard InChI is InChI=1S/C15H19N5O2S/c1-9(10-2-4-11(5-3-10)19-15(17)22)18-14(21)12-8-23-13(20-12)6-7-16/h2-5,8-9H,6-7,16H2,1H3,(H,18,21)(H3,17,19,22). The van der Waals surface area contributed by atoms with Crippen molar-refractivity contribution >= 4 is 29.0 Å². The number of amides is 3. The number of hydrogen-bond acceptors (Lipinski definition) is 5. The highest BCUT2D eigenvalue weighted by molar-refractivity contribution is 7.09. The van der Waals surface area contributed by atoms with Gasteiger partial charge in [-0.15, -0.1) is 11.3 Å². The Morgan fingerprint density at radius 3 is 2.61 bits per heavy atom. The number of nitrogens with one attached hydrogen (secondary N) is 2. The summed E-state index contributed by atoms with van der Waals surface area (Å²) in [7, 11) is 0. The third-order valence-electron chi connectivity index (χ3n) is 3.17. The fraction of sp³-hybridized carbons (Fsp3) is 0.267. The molecular weight excluding hydrogens is 314 g/mol. The Kier molecular flexibility index (Phi) is 5.67. The molecule has 23 heavy (non-hydrogen) atoms. The Labute approximate surface area is 138 Å².